The minimum atomic E-state index is -0.358. The van der Waals surface area contributed by atoms with Crippen LogP contribution in [0.5, 0.6) is 0 Å². The van der Waals surface area contributed by atoms with Crippen LogP contribution >= 0.6 is 0 Å². The van der Waals surface area contributed by atoms with E-state index in [1.54, 1.807) is 0 Å². The smallest absolute Gasteiger partial charge is 0.220 e. The Kier molecular flexibility index (Phi) is 12.1. The van der Waals surface area contributed by atoms with Crippen LogP contribution in [-0.4, -0.2) is 46.1 Å². The molecular formula is C36H65NO4. The first-order chi connectivity index (χ1) is 19.6. The van der Waals surface area contributed by atoms with Crippen molar-refractivity contribution in [2.75, 3.05) is 6.54 Å². The lowest BCUT2D eigenvalue weighted by Crippen LogP contribution is -2.62. The summed E-state index contributed by atoms with van der Waals surface area (Å²) in [6, 6.07) is 0. The summed E-state index contributed by atoms with van der Waals surface area (Å²) in [7, 11) is 0. The van der Waals surface area contributed by atoms with Crippen molar-refractivity contribution in [2.24, 2.45) is 46.3 Å². The van der Waals surface area contributed by atoms with Crippen LogP contribution < -0.4 is 5.32 Å². The van der Waals surface area contributed by atoms with Crippen LogP contribution in [-0.2, 0) is 4.79 Å². The van der Waals surface area contributed by atoms with E-state index in [0.29, 0.717) is 36.0 Å². The van der Waals surface area contributed by atoms with Gasteiger partial charge in [0.1, 0.15) is 0 Å². The minimum Gasteiger partial charge on any atom is -0.393 e. The number of rotatable bonds is 15. The highest BCUT2D eigenvalue weighted by atomic mass is 16.3. The zero-order valence-electron chi connectivity index (χ0n) is 27.1. The van der Waals surface area contributed by atoms with E-state index in [1.165, 1.54) is 57.8 Å². The van der Waals surface area contributed by atoms with Gasteiger partial charge in [0.25, 0.3) is 0 Å². The third-order valence-corrected chi connectivity index (χ3v) is 13.2. The van der Waals surface area contributed by atoms with E-state index in [9.17, 15) is 20.1 Å². The lowest BCUT2D eigenvalue weighted by molar-refractivity contribution is -0.207. The Bertz CT molecular complexity index is 819. The van der Waals surface area contributed by atoms with Gasteiger partial charge in [0, 0.05) is 13.0 Å². The van der Waals surface area contributed by atoms with Gasteiger partial charge in [0.05, 0.1) is 18.3 Å². The number of aliphatic hydroxyl groups excluding tert-OH is 3. The Morgan fingerprint density at radius 1 is 0.854 bits per heavy atom. The first kappa shape index (κ1) is 33.2. The van der Waals surface area contributed by atoms with Crippen molar-refractivity contribution in [3.8, 4) is 0 Å². The van der Waals surface area contributed by atoms with Crippen LogP contribution in [0.4, 0.5) is 0 Å². The molecule has 0 aromatic rings. The molecule has 0 bridgehead atoms. The zero-order chi connectivity index (χ0) is 29.6. The number of hydrogen-bond acceptors (Lipinski definition) is 4. The van der Waals surface area contributed by atoms with E-state index in [1.807, 2.05) is 0 Å². The summed E-state index contributed by atoms with van der Waals surface area (Å²) in [5.41, 5.74) is -0.0765. The third kappa shape index (κ3) is 7.36. The van der Waals surface area contributed by atoms with Gasteiger partial charge in [-0.15, -0.1) is 0 Å². The summed E-state index contributed by atoms with van der Waals surface area (Å²) >= 11 is 0. The largest absolute Gasteiger partial charge is 0.393 e. The molecule has 5 heteroatoms. The molecule has 0 aliphatic heterocycles. The van der Waals surface area contributed by atoms with Crippen LogP contribution in [0.2, 0.25) is 0 Å². The Balaban J connectivity index is 1.20. The van der Waals surface area contributed by atoms with Gasteiger partial charge in [0.15, 0.2) is 0 Å². The molecule has 4 aliphatic carbocycles. The minimum absolute atomic E-state index is 0.113. The van der Waals surface area contributed by atoms with Gasteiger partial charge < -0.3 is 20.6 Å². The molecule has 5 nitrogen and oxygen atoms in total. The van der Waals surface area contributed by atoms with Crippen LogP contribution in [0, 0.1) is 46.3 Å². The first-order valence-corrected chi connectivity index (χ1v) is 17.9. The predicted octanol–water partition coefficient (Wildman–Crippen LogP) is 7.40. The highest BCUT2D eigenvalue weighted by Gasteiger charge is 2.65. The Hall–Kier alpha value is -0.650. The van der Waals surface area contributed by atoms with E-state index >= 15 is 0 Å². The Morgan fingerprint density at radius 2 is 1.51 bits per heavy atom. The van der Waals surface area contributed by atoms with Gasteiger partial charge >= 0.3 is 0 Å². The summed E-state index contributed by atoms with van der Waals surface area (Å²) in [5, 5.41) is 36.8. The van der Waals surface area contributed by atoms with Gasteiger partial charge in [-0.1, -0.05) is 85.5 Å². The number of carbonyl (C=O) groups is 1. The van der Waals surface area contributed by atoms with Crippen LogP contribution in [0.3, 0.4) is 0 Å². The van der Waals surface area contributed by atoms with Gasteiger partial charge in [-0.2, -0.15) is 0 Å². The number of nitrogens with one attached hydrogen (secondary N) is 1. The fourth-order valence-corrected chi connectivity index (χ4v) is 10.6. The summed E-state index contributed by atoms with van der Waals surface area (Å²) in [5.74, 6) is 2.24. The maximum absolute atomic E-state index is 12.7. The quantitative estimate of drug-likeness (QED) is 0.153. The lowest BCUT2D eigenvalue weighted by atomic mass is 9.43. The Morgan fingerprint density at radius 3 is 2.20 bits per heavy atom. The maximum Gasteiger partial charge on any atom is 0.220 e. The average Bonchev–Trinajstić information content (AvgIpc) is 3.30. The SMILES string of the molecule is CCCCCCCCCCCCNC(=O)CCC(C)C1CCC2C3C(O)CC4CC(O)CCC4(C)C3CC(O)C12C. The number of amides is 1. The average molecular weight is 576 g/mol. The maximum atomic E-state index is 12.7. The van der Waals surface area contributed by atoms with Crippen molar-refractivity contribution in [1.82, 2.24) is 5.32 Å². The van der Waals surface area contributed by atoms with Gasteiger partial charge in [-0.3, -0.25) is 4.79 Å². The van der Waals surface area contributed by atoms with Gasteiger partial charge in [-0.25, -0.2) is 0 Å². The van der Waals surface area contributed by atoms with Crippen LogP contribution in [0.15, 0.2) is 0 Å². The topological polar surface area (TPSA) is 89.8 Å². The van der Waals surface area contributed by atoms with Gasteiger partial charge in [-0.05, 0) is 104 Å². The van der Waals surface area contributed by atoms with E-state index in [0.717, 1.165) is 64.3 Å². The lowest BCUT2D eigenvalue weighted by Gasteiger charge is -2.63. The van der Waals surface area contributed by atoms with Crippen LogP contribution in [0.1, 0.15) is 150 Å². The Labute approximate surface area is 252 Å². The number of hydrogen-bond donors (Lipinski definition) is 4. The van der Waals surface area contributed by atoms with Crippen molar-refractivity contribution in [1.29, 1.82) is 0 Å². The van der Waals surface area contributed by atoms with E-state index < -0.39 is 0 Å². The molecule has 4 N–H and O–H groups in total. The normalized spacial score (nSPS) is 40.9. The van der Waals surface area contributed by atoms with Crippen molar-refractivity contribution < 1.29 is 20.1 Å². The summed E-state index contributed by atoms with van der Waals surface area (Å²) in [6.07, 6.45) is 20.0. The molecule has 0 heterocycles. The summed E-state index contributed by atoms with van der Waals surface area (Å²) in [4.78, 5) is 12.7. The molecule has 4 rings (SSSR count). The van der Waals surface area contributed by atoms with Gasteiger partial charge in [0.2, 0.25) is 5.91 Å². The summed E-state index contributed by atoms with van der Waals surface area (Å²) in [6.45, 7) is 10.1. The van der Waals surface area contributed by atoms with Crippen molar-refractivity contribution in [3.63, 3.8) is 0 Å². The van der Waals surface area contributed by atoms with Crippen molar-refractivity contribution in [2.45, 2.75) is 168 Å². The second kappa shape index (κ2) is 14.9. The molecule has 238 valence electrons. The molecule has 41 heavy (non-hydrogen) atoms. The van der Waals surface area contributed by atoms with E-state index in [2.05, 4.69) is 33.0 Å². The van der Waals surface area contributed by atoms with Crippen molar-refractivity contribution in [3.05, 3.63) is 0 Å². The molecule has 0 spiro atoms. The number of aliphatic hydroxyl groups is 3. The molecule has 0 aromatic heterocycles. The molecule has 4 aliphatic rings. The second-order valence-electron chi connectivity index (χ2n) is 15.6. The fraction of sp³-hybridized carbons (Fsp3) is 0.972. The first-order valence-electron chi connectivity index (χ1n) is 17.9. The zero-order valence-corrected chi connectivity index (χ0v) is 27.1. The molecule has 0 saturated heterocycles. The summed E-state index contributed by atoms with van der Waals surface area (Å²) < 4.78 is 0. The molecule has 4 fully saturated rings. The predicted molar refractivity (Wildman–Crippen MR) is 167 cm³/mol. The van der Waals surface area contributed by atoms with Crippen molar-refractivity contribution >= 4 is 5.91 Å². The highest BCUT2D eigenvalue weighted by molar-refractivity contribution is 5.75. The second-order valence-corrected chi connectivity index (χ2v) is 15.6. The number of unbranched alkanes of at least 4 members (excludes halogenated alkanes) is 9. The van der Waals surface area contributed by atoms with E-state index in [4.69, 9.17) is 0 Å². The monoisotopic (exact) mass is 575 g/mol. The molecule has 11 atom stereocenters. The molecule has 0 radical (unpaired) electrons. The molecule has 0 aromatic carbocycles. The van der Waals surface area contributed by atoms with Crippen LogP contribution in [0.25, 0.3) is 0 Å². The fourth-order valence-electron chi connectivity index (χ4n) is 10.6. The molecule has 1 amide bonds. The highest BCUT2D eigenvalue weighted by Crippen LogP contribution is 2.68. The number of carbonyl (C=O) groups excluding carboxylic acids is 1. The standard InChI is InChI=1S/C36H65NO4/c1-5-6-7-8-9-10-11-12-13-14-21-37-33(41)18-15-25(2)28-16-17-29-34-30(24-32(40)36(28,29)4)35(3)20-19-27(38)22-26(35)23-31(34)39/h25-32,34,38-40H,5-24H2,1-4H3,(H,37,41). The van der Waals surface area contributed by atoms with E-state index in [-0.39, 0.29) is 41.0 Å². The molecule has 4 saturated carbocycles. The third-order valence-electron chi connectivity index (χ3n) is 13.2. The molecule has 11 unspecified atom stereocenters. The number of fused-ring (bicyclic) bond motifs is 5. The molecular weight excluding hydrogens is 510 g/mol.